The summed E-state index contributed by atoms with van der Waals surface area (Å²) in [5.74, 6) is 0.699. The molecule has 0 saturated heterocycles. The fourth-order valence-electron chi connectivity index (χ4n) is 7.41. The minimum absolute atomic E-state index is 0.699. The molecule has 10 aromatic rings. The molecule has 7 aromatic carbocycles. The molecule has 0 N–H and O–H groups in total. The molecule has 234 valence electrons. The Labute approximate surface area is 293 Å². The quantitative estimate of drug-likeness (QED) is 0.185. The van der Waals surface area contributed by atoms with Gasteiger partial charge in [0.25, 0.3) is 0 Å². The minimum atomic E-state index is 0.699. The van der Waals surface area contributed by atoms with E-state index >= 15 is 0 Å². The third kappa shape index (κ3) is 4.57. The molecule has 0 saturated carbocycles. The average Bonchev–Trinajstić information content (AvgIpc) is 3.74. The molecule has 0 bridgehead atoms. The first-order valence-corrected chi connectivity index (χ1v) is 17.7. The van der Waals surface area contributed by atoms with Crippen molar-refractivity contribution in [3.63, 3.8) is 0 Å². The summed E-state index contributed by atoms with van der Waals surface area (Å²) in [6, 6.07) is 62.4. The van der Waals surface area contributed by atoms with Gasteiger partial charge in [-0.3, -0.25) is 0 Å². The molecular weight excluding hydrogens is 627 g/mol. The fraction of sp³-hybridized carbons (Fsp3) is 0. The first-order valence-electron chi connectivity index (χ1n) is 16.8. The van der Waals surface area contributed by atoms with E-state index in [2.05, 4.69) is 162 Å². The van der Waals surface area contributed by atoms with Gasteiger partial charge in [-0.15, -0.1) is 11.3 Å². The molecule has 0 unspecified atom stereocenters. The second-order valence-corrected chi connectivity index (χ2v) is 13.6. The van der Waals surface area contributed by atoms with Crippen LogP contribution in [0.5, 0.6) is 0 Å². The molecule has 4 heteroatoms. The van der Waals surface area contributed by atoms with E-state index in [9.17, 15) is 0 Å². The van der Waals surface area contributed by atoms with Crippen LogP contribution in [0, 0.1) is 0 Å². The van der Waals surface area contributed by atoms with Crippen molar-refractivity contribution >= 4 is 53.3 Å². The van der Waals surface area contributed by atoms with Gasteiger partial charge in [-0.25, -0.2) is 9.97 Å². The van der Waals surface area contributed by atoms with Crippen LogP contribution in [-0.2, 0) is 0 Å². The Morgan fingerprint density at radius 3 is 1.70 bits per heavy atom. The second-order valence-electron chi connectivity index (χ2n) is 12.5. The van der Waals surface area contributed by atoms with Crippen LogP contribution in [0.15, 0.2) is 176 Å². The van der Waals surface area contributed by atoms with Gasteiger partial charge in [0.2, 0.25) is 0 Å². The molecule has 0 amide bonds. The normalized spacial score (nSPS) is 11.6. The lowest BCUT2D eigenvalue weighted by molar-refractivity contribution is 1.15. The first-order chi connectivity index (χ1) is 24.8. The van der Waals surface area contributed by atoms with Gasteiger partial charge in [0, 0.05) is 53.2 Å². The van der Waals surface area contributed by atoms with Crippen LogP contribution in [0.25, 0.3) is 92.7 Å². The summed E-state index contributed by atoms with van der Waals surface area (Å²) in [6.45, 7) is 0. The van der Waals surface area contributed by atoms with Crippen molar-refractivity contribution in [2.45, 2.75) is 0 Å². The molecule has 0 spiro atoms. The minimum Gasteiger partial charge on any atom is -0.309 e. The summed E-state index contributed by atoms with van der Waals surface area (Å²) in [4.78, 5) is 10.6. The van der Waals surface area contributed by atoms with Gasteiger partial charge in [-0.2, -0.15) is 0 Å². The third-order valence-electron chi connectivity index (χ3n) is 9.66. The van der Waals surface area contributed by atoms with Crippen molar-refractivity contribution in [3.8, 4) is 50.7 Å². The number of rotatable bonds is 5. The summed E-state index contributed by atoms with van der Waals surface area (Å²) in [6.07, 6.45) is 0. The van der Waals surface area contributed by atoms with Crippen molar-refractivity contribution in [1.29, 1.82) is 0 Å². The molecule has 0 fully saturated rings. The summed E-state index contributed by atoms with van der Waals surface area (Å²) < 4.78 is 4.96. The zero-order chi connectivity index (χ0) is 33.0. The van der Waals surface area contributed by atoms with Crippen LogP contribution < -0.4 is 0 Å². The zero-order valence-electron chi connectivity index (χ0n) is 27.0. The molecular formula is C46H29N3S. The van der Waals surface area contributed by atoms with E-state index in [0.29, 0.717) is 5.82 Å². The number of benzene rings is 7. The predicted octanol–water partition coefficient (Wildman–Crippen LogP) is 12.6. The molecule has 50 heavy (non-hydrogen) atoms. The van der Waals surface area contributed by atoms with Crippen LogP contribution >= 0.6 is 11.3 Å². The van der Waals surface area contributed by atoms with Crippen LogP contribution in [0.1, 0.15) is 0 Å². The Balaban J connectivity index is 1.23. The fourth-order valence-corrected chi connectivity index (χ4v) is 8.64. The average molecular weight is 656 g/mol. The third-order valence-corrected chi connectivity index (χ3v) is 10.9. The molecule has 0 radical (unpaired) electrons. The topological polar surface area (TPSA) is 30.7 Å². The summed E-state index contributed by atoms with van der Waals surface area (Å²) in [7, 11) is 0. The highest BCUT2D eigenvalue weighted by Gasteiger charge is 2.20. The second kappa shape index (κ2) is 11.7. The number of fused-ring (bicyclic) bond motifs is 6. The smallest absolute Gasteiger partial charge is 0.160 e. The van der Waals surface area contributed by atoms with Crippen molar-refractivity contribution < 1.29 is 0 Å². The Kier molecular flexibility index (Phi) is 6.68. The lowest BCUT2D eigenvalue weighted by Crippen LogP contribution is -2.01. The number of thiophene rings is 1. The number of para-hydroxylation sites is 3. The van der Waals surface area contributed by atoms with E-state index in [1.54, 1.807) is 0 Å². The lowest BCUT2D eigenvalue weighted by atomic mass is 9.95. The Morgan fingerprint density at radius 1 is 0.400 bits per heavy atom. The van der Waals surface area contributed by atoms with Gasteiger partial charge >= 0.3 is 0 Å². The van der Waals surface area contributed by atoms with Crippen molar-refractivity contribution in [3.05, 3.63) is 176 Å². The SMILES string of the molecule is c1ccc(-c2nc(-c3ccccc3-c3cccc4c3sc3ccccc34)cc(-c3ccccc3-n3c4ccccc4c4ccccc43)n2)cc1. The summed E-state index contributed by atoms with van der Waals surface area (Å²) in [5, 5.41) is 5.04. The van der Waals surface area contributed by atoms with Crippen LogP contribution in [0.4, 0.5) is 0 Å². The van der Waals surface area contributed by atoms with Gasteiger partial charge < -0.3 is 4.57 Å². The van der Waals surface area contributed by atoms with E-state index in [1.165, 1.54) is 47.5 Å². The maximum Gasteiger partial charge on any atom is 0.160 e. The molecule has 3 nitrogen and oxygen atoms in total. The molecule has 3 aromatic heterocycles. The maximum absolute atomic E-state index is 5.29. The number of hydrogen-bond acceptors (Lipinski definition) is 3. The van der Waals surface area contributed by atoms with Crippen LogP contribution in [0.3, 0.4) is 0 Å². The van der Waals surface area contributed by atoms with E-state index in [4.69, 9.17) is 9.97 Å². The first kappa shape index (κ1) is 28.6. The number of hydrogen-bond donors (Lipinski definition) is 0. The van der Waals surface area contributed by atoms with Crippen LogP contribution in [-0.4, -0.2) is 14.5 Å². The summed E-state index contributed by atoms with van der Waals surface area (Å²) >= 11 is 1.85. The highest BCUT2D eigenvalue weighted by molar-refractivity contribution is 7.26. The Bertz CT molecular complexity index is 2830. The predicted molar refractivity (Wildman–Crippen MR) is 211 cm³/mol. The molecule has 0 aliphatic carbocycles. The largest absolute Gasteiger partial charge is 0.309 e. The number of nitrogens with zero attached hydrogens (tertiary/aromatic N) is 3. The van der Waals surface area contributed by atoms with Gasteiger partial charge in [-0.1, -0.05) is 146 Å². The molecule has 3 heterocycles. The van der Waals surface area contributed by atoms with Gasteiger partial charge in [-0.05, 0) is 35.9 Å². The highest BCUT2D eigenvalue weighted by atomic mass is 32.1. The van der Waals surface area contributed by atoms with Crippen molar-refractivity contribution in [2.24, 2.45) is 0 Å². The molecule has 0 aliphatic heterocycles. The maximum atomic E-state index is 5.29. The van der Waals surface area contributed by atoms with Crippen LogP contribution in [0.2, 0.25) is 0 Å². The Hall–Kier alpha value is -6.36. The molecule has 10 rings (SSSR count). The van der Waals surface area contributed by atoms with Gasteiger partial charge in [0.05, 0.1) is 28.1 Å². The Morgan fingerprint density at radius 2 is 0.940 bits per heavy atom. The van der Waals surface area contributed by atoms with Crippen molar-refractivity contribution in [1.82, 2.24) is 14.5 Å². The van der Waals surface area contributed by atoms with Gasteiger partial charge in [0.1, 0.15) is 0 Å². The van der Waals surface area contributed by atoms with Crippen molar-refractivity contribution in [2.75, 3.05) is 0 Å². The lowest BCUT2D eigenvalue weighted by Gasteiger charge is -2.16. The van der Waals surface area contributed by atoms with E-state index < -0.39 is 0 Å². The van der Waals surface area contributed by atoms with Gasteiger partial charge in [0.15, 0.2) is 5.82 Å². The molecule has 0 atom stereocenters. The van der Waals surface area contributed by atoms with E-state index in [1.807, 2.05) is 29.5 Å². The summed E-state index contributed by atoms with van der Waals surface area (Å²) in [5.41, 5.74) is 10.7. The van der Waals surface area contributed by atoms with E-state index in [-0.39, 0.29) is 0 Å². The number of aromatic nitrogens is 3. The molecule has 0 aliphatic rings. The highest BCUT2D eigenvalue weighted by Crippen LogP contribution is 2.43. The standard InChI is InChI=1S/C46H29N3S/c1-2-15-30(16-3-1)46-47-39(32-18-5-4-17-31(32)36-23-14-24-37-35-21-9-13-28-44(35)50-45(36)37)29-40(48-46)38-22-8-12-27-43(38)49-41-25-10-6-19-33(41)34-20-7-11-26-42(34)49/h1-29H. The monoisotopic (exact) mass is 655 g/mol. The zero-order valence-corrected chi connectivity index (χ0v) is 27.8. The van der Waals surface area contributed by atoms with E-state index in [0.717, 1.165) is 39.3 Å².